The maximum Gasteiger partial charge on any atom is 0.416 e. The van der Waals surface area contributed by atoms with Gasteiger partial charge in [0, 0.05) is 25.7 Å². The molecule has 31 heavy (non-hydrogen) atoms. The summed E-state index contributed by atoms with van der Waals surface area (Å²) in [6.07, 6.45) is -2.85. The van der Waals surface area contributed by atoms with Crippen LogP contribution in [0.4, 0.5) is 13.2 Å². The second kappa shape index (κ2) is 8.65. The Hall–Kier alpha value is -2.96. The molecule has 3 aromatic rings. The predicted molar refractivity (Wildman–Crippen MR) is 103 cm³/mol. The van der Waals surface area contributed by atoms with Crippen molar-refractivity contribution in [3.63, 3.8) is 0 Å². The third-order valence-electron chi connectivity index (χ3n) is 4.93. The van der Waals surface area contributed by atoms with Crippen LogP contribution in [0.15, 0.2) is 33.8 Å². The van der Waals surface area contributed by atoms with E-state index in [4.69, 9.17) is 4.42 Å². The van der Waals surface area contributed by atoms with Gasteiger partial charge in [-0.1, -0.05) is 11.8 Å². The Balaban J connectivity index is 1.39. The first kappa shape index (κ1) is 21.3. The zero-order chi connectivity index (χ0) is 22.0. The van der Waals surface area contributed by atoms with Crippen molar-refractivity contribution in [1.29, 1.82) is 0 Å². The molecule has 0 N–H and O–H groups in total. The number of hydrogen-bond donors (Lipinski definition) is 0. The topological polar surface area (TPSA) is 103 Å². The van der Waals surface area contributed by atoms with Crippen LogP contribution in [-0.2, 0) is 18.0 Å². The summed E-state index contributed by atoms with van der Waals surface area (Å²) in [5.74, 6) is 0.562. The predicted octanol–water partition coefficient (Wildman–Crippen LogP) is 2.78. The Morgan fingerprint density at radius 3 is 2.68 bits per heavy atom. The number of aryl methyl sites for hydroxylation is 1. The summed E-state index contributed by atoms with van der Waals surface area (Å²) in [6.45, 7) is 1.07. The van der Waals surface area contributed by atoms with Crippen LogP contribution >= 0.6 is 11.8 Å². The average molecular weight is 453 g/mol. The molecular weight excluding hydrogens is 435 g/mol. The molecule has 1 aromatic carbocycles. The van der Waals surface area contributed by atoms with Crippen LogP contribution in [0.25, 0.3) is 11.5 Å². The van der Waals surface area contributed by atoms with Crippen LogP contribution in [0.1, 0.15) is 30.2 Å². The smallest absolute Gasteiger partial charge is 0.416 e. The van der Waals surface area contributed by atoms with Crippen molar-refractivity contribution in [3.05, 3.63) is 35.7 Å². The molecule has 13 heteroatoms. The molecule has 9 nitrogen and oxygen atoms in total. The number of amides is 1. The highest BCUT2D eigenvalue weighted by atomic mass is 32.2. The minimum Gasteiger partial charge on any atom is -0.420 e. The van der Waals surface area contributed by atoms with Gasteiger partial charge in [-0.15, -0.1) is 15.3 Å². The summed E-state index contributed by atoms with van der Waals surface area (Å²) < 4.78 is 45.4. The Kier molecular flexibility index (Phi) is 5.94. The lowest BCUT2D eigenvalue weighted by Crippen LogP contribution is -2.40. The number of carbonyl (C=O) groups is 1. The molecule has 1 aliphatic rings. The molecule has 1 saturated heterocycles. The summed E-state index contributed by atoms with van der Waals surface area (Å²) in [4.78, 5) is 14.3. The van der Waals surface area contributed by atoms with Crippen LogP contribution in [0, 0.1) is 0 Å². The van der Waals surface area contributed by atoms with Crippen molar-refractivity contribution in [2.45, 2.75) is 30.1 Å². The van der Waals surface area contributed by atoms with E-state index in [1.807, 2.05) is 0 Å². The number of hydrogen-bond acceptors (Lipinski definition) is 8. The van der Waals surface area contributed by atoms with Gasteiger partial charge in [0.15, 0.2) is 0 Å². The number of halogens is 3. The first-order chi connectivity index (χ1) is 14.8. The molecule has 1 fully saturated rings. The molecule has 164 valence electrons. The molecule has 1 atom stereocenters. The third kappa shape index (κ3) is 4.86. The van der Waals surface area contributed by atoms with Gasteiger partial charge in [-0.25, -0.2) is 4.68 Å². The Morgan fingerprint density at radius 1 is 1.23 bits per heavy atom. The average Bonchev–Trinajstić information content (AvgIpc) is 3.41. The maximum atomic E-state index is 12.7. The summed E-state index contributed by atoms with van der Waals surface area (Å²) in [7, 11) is 1.70. The fourth-order valence-electron chi connectivity index (χ4n) is 3.28. The summed E-state index contributed by atoms with van der Waals surface area (Å²) in [5, 5.41) is 19.7. The molecule has 0 saturated carbocycles. The Labute approximate surface area is 179 Å². The van der Waals surface area contributed by atoms with Gasteiger partial charge in [0.25, 0.3) is 0 Å². The van der Waals surface area contributed by atoms with Crippen molar-refractivity contribution in [2.75, 3.05) is 18.8 Å². The number of tetrazole rings is 1. The number of piperidine rings is 1. The number of carbonyl (C=O) groups excluding carboxylic acids is 1. The summed E-state index contributed by atoms with van der Waals surface area (Å²) in [5.41, 5.74) is -0.337. The molecule has 1 aliphatic heterocycles. The van der Waals surface area contributed by atoms with Crippen LogP contribution < -0.4 is 0 Å². The van der Waals surface area contributed by atoms with Gasteiger partial charge < -0.3 is 9.32 Å². The van der Waals surface area contributed by atoms with Gasteiger partial charge in [-0.3, -0.25) is 4.79 Å². The number of benzene rings is 1. The quantitative estimate of drug-likeness (QED) is 0.544. The lowest BCUT2D eigenvalue weighted by atomic mass is 9.98. The largest absolute Gasteiger partial charge is 0.420 e. The molecule has 0 bridgehead atoms. The van der Waals surface area contributed by atoms with Gasteiger partial charge in [-0.2, -0.15) is 13.2 Å². The summed E-state index contributed by atoms with van der Waals surface area (Å²) >= 11 is 1.26. The van der Waals surface area contributed by atoms with Crippen LogP contribution in [0.3, 0.4) is 0 Å². The van der Waals surface area contributed by atoms with Crippen molar-refractivity contribution in [3.8, 4) is 11.5 Å². The third-order valence-corrected chi connectivity index (χ3v) is 5.92. The van der Waals surface area contributed by atoms with E-state index in [1.54, 1.807) is 11.9 Å². The molecule has 3 heterocycles. The van der Waals surface area contributed by atoms with E-state index in [2.05, 4.69) is 25.7 Å². The van der Waals surface area contributed by atoms with Crippen LogP contribution in [0.2, 0.25) is 0 Å². The van der Waals surface area contributed by atoms with E-state index in [9.17, 15) is 18.0 Å². The fourth-order valence-corrected chi connectivity index (χ4v) is 4.04. The summed E-state index contributed by atoms with van der Waals surface area (Å²) in [6, 6.07) is 4.56. The molecule has 1 amide bonds. The second-order valence-corrected chi connectivity index (χ2v) is 8.02. The van der Waals surface area contributed by atoms with Gasteiger partial charge in [0.05, 0.1) is 17.2 Å². The van der Waals surface area contributed by atoms with Crippen LogP contribution in [0.5, 0.6) is 0 Å². The molecule has 0 spiro atoms. The molecule has 0 aliphatic carbocycles. The highest BCUT2D eigenvalue weighted by molar-refractivity contribution is 7.99. The molecule has 4 rings (SSSR count). The van der Waals surface area contributed by atoms with Gasteiger partial charge in [-0.05, 0) is 47.5 Å². The minimum atomic E-state index is -4.40. The van der Waals surface area contributed by atoms with Gasteiger partial charge >= 0.3 is 6.18 Å². The SMILES string of the molecule is Cn1nnnc1SCC(=O)N1CCCC(c2nnc(-c3ccc(C(F)(F)F)cc3)o2)C1. The van der Waals surface area contributed by atoms with Crippen molar-refractivity contribution in [2.24, 2.45) is 7.05 Å². The van der Waals surface area contributed by atoms with E-state index in [-0.39, 0.29) is 23.5 Å². The molecule has 1 unspecified atom stereocenters. The van der Waals surface area contributed by atoms with E-state index in [1.165, 1.54) is 28.6 Å². The monoisotopic (exact) mass is 453 g/mol. The number of likely N-dealkylation sites (tertiary alicyclic amines) is 1. The first-order valence-corrected chi connectivity index (χ1v) is 10.4. The first-order valence-electron chi connectivity index (χ1n) is 9.45. The number of rotatable bonds is 5. The normalized spacial score (nSPS) is 17.2. The number of thioether (sulfide) groups is 1. The van der Waals surface area contributed by atoms with Gasteiger partial charge in [0.1, 0.15) is 0 Å². The highest BCUT2D eigenvalue weighted by Crippen LogP contribution is 2.32. The number of aromatic nitrogens is 6. The van der Waals surface area contributed by atoms with E-state index in [0.29, 0.717) is 29.7 Å². The van der Waals surface area contributed by atoms with E-state index < -0.39 is 11.7 Å². The van der Waals surface area contributed by atoms with Crippen molar-refractivity contribution in [1.82, 2.24) is 35.3 Å². The zero-order valence-electron chi connectivity index (χ0n) is 16.4. The second-order valence-electron chi connectivity index (χ2n) is 7.07. The maximum absolute atomic E-state index is 12.7. The van der Waals surface area contributed by atoms with E-state index >= 15 is 0 Å². The molecular formula is C18H18F3N7O2S. The van der Waals surface area contributed by atoms with E-state index in [0.717, 1.165) is 25.0 Å². The fraction of sp³-hybridized carbons (Fsp3) is 0.444. The Morgan fingerprint density at radius 2 is 2.00 bits per heavy atom. The zero-order valence-corrected chi connectivity index (χ0v) is 17.2. The standard InChI is InChI=1S/C18H18F3N7O2S/c1-27-17(24-25-26-27)31-10-14(29)28-8-2-3-12(9-28)16-23-22-15(30-16)11-4-6-13(7-5-11)18(19,20)21/h4-7,12H,2-3,8-10H2,1H3. The highest BCUT2D eigenvalue weighted by Gasteiger charge is 2.31. The molecule has 0 radical (unpaired) electrons. The van der Waals surface area contributed by atoms with Crippen molar-refractivity contribution >= 4 is 17.7 Å². The lowest BCUT2D eigenvalue weighted by Gasteiger charge is -2.31. The van der Waals surface area contributed by atoms with Crippen LogP contribution in [-0.4, -0.2) is 60.1 Å². The lowest BCUT2D eigenvalue weighted by molar-refractivity contribution is -0.137. The van der Waals surface area contributed by atoms with Gasteiger partial charge in [0.2, 0.25) is 22.8 Å². The Bertz CT molecular complexity index is 1050. The number of nitrogens with zero attached hydrogens (tertiary/aromatic N) is 7. The molecule has 2 aromatic heterocycles. The number of alkyl halides is 3. The minimum absolute atomic E-state index is 0.0415. The van der Waals surface area contributed by atoms with Crippen molar-refractivity contribution < 1.29 is 22.4 Å².